The van der Waals surface area contributed by atoms with E-state index in [0.717, 1.165) is 5.69 Å². The number of nitro groups is 1. The van der Waals surface area contributed by atoms with Crippen molar-refractivity contribution in [3.8, 4) is 0 Å². The maximum absolute atomic E-state index is 12.1. The molecule has 0 saturated heterocycles. The van der Waals surface area contributed by atoms with Gasteiger partial charge >= 0.3 is 0 Å². The average molecular weight is 376 g/mol. The van der Waals surface area contributed by atoms with Gasteiger partial charge in [0.2, 0.25) is 5.91 Å². The standard InChI is InChI=1S/C17H20N4O4S/c1-10-5-6-11(7-12(10)21(24)25)15(23)18-8-14(22)20-16-19-13(9-26-16)17(2,3)4/h5-7,9H,8H2,1-4H3,(H,18,23)(H,19,20,22). The minimum atomic E-state index is -0.558. The zero-order chi connectivity index (χ0) is 19.5. The highest BCUT2D eigenvalue weighted by atomic mass is 32.1. The smallest absolute Gasteiger partial charge is 0.273 e. The molecule has 1 aromatic carbocycles. The van der Waals surface area contributed by atoms with E-state index in [0.29, 0.717) is 10.7 Å². The summed E-state index contributed by atoms with van der Waals surface area (Å²) < 4.78 is 0. The highest BCUT2D eigenvalue weighted by Crippen LogP contribution is 2.26. The molecule has 0 bridgehead atoms. The summed E-state index contributed by atoms with van der Waals surface area (Å²) in [5.74, 6) is -0.979. The van der Waals surface area contributed by atoms with Crippen LogP contribution in [0.15, 0.2) is 23.6 Å². The molecule has 2 aromatic rings. The Balaban J connectivity index is 1.95. The summed E-state index contributed by atoms with van der Waals surface area (Å²) in [7, 11) is 0. The zero-order valence-electron chi connectivity index (χ0n) is 15.0. The number of nitro benzene ring substituents is 1. The molecule has 26 heavy (non-hydrogen) atoms. The molecular formula is C17H20N4O4S. The Hall–Kier alpha value is -2.81. The number of rotatable bonds is 5. The minimum absolute atomic E-state index is 0.117. The molecule has 9 heteroatoms. The number of hydrogen-bond donors (Lipinski definition) is 2. The Kier molecular flexibility index (Phi) is 5.71. The van der Waals surface area contributed by atoms with Crippen LogP contribution in [0.2, 0.25) is 0 Å². The lowest BCUT2D eigenvalue weighted by atomic mass is 9.93. The van der Waals surface area contributed by atoms with Crippen LogP contribution in [0.3, 0.4) is 0 Å². The quantitative estimate of drug-likeness (QED) is 0.615. The zero-order valence-corrected chi connectivity index (χ0v) is 15.8. The van der Waals surface area contributed by atoms with Gasteiger partial charge in [0.1, 0.15) is 0 Å². The van der Waals surface area contributed by atoms with Crippen LogP contribution in [0.5, 0.6) is 0 Å². The van der Waals surface area contributed by atoms with Crippen molar-refractivity contribution < 1.29 is 14.5 Å². The van der Waals surface area contributed by atoms with E-state index in [4.69, 9.17) is 0 Å². The fourth-order valence-electron chi connectivity index (χ4n) is 2.05. The molecule has 1 heterocycles. The number of benzene rings is 1. The Bertz CT molecular complexity index is 855. The van der Waals surface area contributed by atoms with Crippen molar-refractivity contribution in [2.45, 2.75) is 33.1 Å². The van der Waals surface area contributed by atoms with Crippen molar-refractivity contribution in [2.24, 2.45) is 0 Å². The molecule has 2 N–H and O–H groups in total. The van der Waals surface area contributed by atoms with Crippen molar-refractivity contribution in [3.63, 3.8) is 0 Å². The van der Waals surface area contributed by atoms with E-state index >= 15 is 0 Å². The van der Waals surface area contributed by atoms with Gasteiger partial charge in [0.25, 0.3) is 11.6 Å². The molecule has 0 aliphatic heterocycles. The molecule has 0 fully saturated rings. The van der Waals surface area contributed by atoms with Crippen molar-refractivity contribution in [3.05, 3.63) is 50.5 Å². The Morgan fingerprint density at radius 1 is 1.31 bits per heavy atom. The van der Waals surface area contributed by atoms with Crippen LogP contribution in [-0.2, 0) is 10.2 Å². The molecular weight excluding hydrogens is 356 g/mol. The number of anilines is 1. The highest BCUT2D eigenvalue weighted by molar-refractivity contribution is 7.13. The summed E-state index contributed by atoms with van der Waals surface area (Å²) in [5, 5.41) is 18.3. The predicted molar refractivity (Wildman–Crippen MR) is 99.6 cm³/mol. The second kappa shape index (κ2) is 7.61. The van der Waals surface area contributed by atoms with E-state index in [9.17, 15) is 19.7 Å². The van der Waals surface area contributed by atoms with Crippen LogP contribution in [0.4, 0.5) is 10.8 Å². The van der Waals surface area contributed by atoms with Gasteiger partial charge in [-0.15, -0.1) is 11.3 Å². The molecule has 0 atom stereocenters. The van der Waals surface area contributed by atoms with Crippen molar-refractivity contribution in [2.75, 3.05) is 11.9 Å². The largest absolute Gasteiger partial charge is 0.343 e. The number of nitrogens with one attached hydrogen (secondary N) is 2. The van der Waals surface area contributed by atoms with Gasteiger partial charge in [-0.1, -0.05) is 26.8 Å². The van der Waals surface area contributed by atoms with Gasteiger partial charge in [-0.05, 0) is 13.0 Å². The summed E-state index contributed by atoms with van der Waals surface area (Å²) in [5.41, 5.74) is 1.20. The summed E-state index contributed by atoms with van der Waals surface area (Å²) >= 11 is 1.31. The highest BCUT2D eigenvalue weighted by Gasteiger charge is 2.19. The first-order valence-corrected chi connectivity index (χ1v) is 8.75. The van der Waals surface area contributed by atoms with Crippen molar-refractivity contribution in [1.29, 1.82) is 0 Å². The van der Waals surface area contributed by atoms with Crippen LogP contribution in [0.25, 0.3) is 0 Å². The van der Waals surface area contributed by atoms with Gasteiger partial charge in [-0.3, -0.25) is 19.7 Å². The number of carbonyl (C=O) groups excluding carboxylic acids is 2. The molecule has 0 radical (unpaired) electrons. The van der Waals surface area contributed by atoms with E-state index in [1.54, 1.807) is 6.92 Å². The maximum atomic E-state index is 12.1. The number of nitrogens with zero attached hydrogens (tertiary/aromatic N) is 2. The lowest BCUT2D eigenvalue weighted by molar-refractivity contribution is -0.385. The summed E-state index contributed by atoms with van der Waals surface area (Å²) in [6, 6.07) is 4.17. The lowest BCUT2D eigenvalue weighted by Gasteiger charge is -2.14. The van der Waals surface area contributed by atoms with Gasteiger partial charge in [-0.2, -0.15) is 0 Å². The SMILES string of the molecule is Cc1ccc(C(=O)NCC(=O)Nc2nc(C(C)(C)C)cs2)cc1[N+](=O)[O-]. The number of aryl methyl sites for hydroxylation is 1. The van der Waals surface area contributed by atoms with Crippen LogP contribution in [0, 0.1) is 17.0 Å². The molecule has 138 valence electrons. The summed E-state index contributed by atoms with van der Waals surface area (Å²) in [4.78, 5) is 38.8. The predicted octanol–water partition coefficient (Wildman–Crippen LogP) is 3.03. The normalized spacial score (nSPS) is 11.1. The third kappa shape index (κ3) is 4.85. The first-order chi connectivity index (χ1) is 12.1. The average Bonchev–Trinajstić information content (AvgIpc) is 3.01. The third-order valence-electron chi connectivity index (χ3n) is 3.60. The van der Waals surface area contributed by atoms with E-state index in [1.165, 1.54) is 29.5 Å². The second-order valence-electron chi connectivity index (χ2n) is 6.78. The topological polar surface area (TPSA) is 114 Å². The number of aromatic nitrogens is 1. The summed E-state index contributed by atoms with van der Waals surface area (Å²) in [6.45, 7) is 7.40. The Labute approximate surface area is 154 Å². The molecule has 2 amide bonds. The van der Waals surface area contributed by atoms with E-state index in [-0.39, 0.29) is 23.2 Å². The Morgan fingerprint density at radius 3 is 2.58 bits per heavy atom. The number of amides is 2. The van der Waals surface area contributed by atoms with Crippen LogP contribution >= 0.6 is 11.3 Å². The fourth-order valence-corrected chi connectivity index (χ4v) is 3.00. The number of hydrogen-bond acceptors (Lipinski definition) is 6. The number of thiazole rings is 1. The van der Waals surface area contributed by atoms with Crippen LogP contribution < -0.4 is 10.6 Å². The molecule has 8 nitrogen and oxygen atoms in total. The summed E-state index contributed by atoms with van der Waals surface area (Å²) in [6.07, 6.45) is 0. The van der Waals surface area contributed by atoms with E-state index < -0.39 is 16.7 Å². The van der Waals surface area contributed by atoms with E-state index in [1.807, 2.05) is 26.2 Å². The number of carbonyl (C=O) groups is 2. The lowest BCUT2D eigenvalue weighted by Crippen LogP contribution is -2.32. The van der Waals surface area contributed by atoms with Crippen molar-refractivity contribution in [1.82, 2.24) is 10.3 Å². The van der Waals surface area contributed by atoms with E-state index in [2.05, 4.69) is 15.6 Å². The minimum Gasteiger partial charge on any atom is -0.343 e. The molecule has 0 aliphatic rings. The molecule has 2 rings (SSSR count). The second-order valence-corrected chi connectivity index (χ2v) is 7.64. The molecule has 1 aromatic heterocycles. The van der Waals surface area contributed by atoms with Crippen LogP contribution in [-0.4, -0.2) is 28.3 Å². The van der Waals surface area contributed by atoms with Crippen LogP contribution in [0.1, 0.15) is 42.4 Å². The van der Waals surface area contributed by atoms with Gasteiger partial charge < -0.3 is 10.6 Å². The van der Waals surface area contributed by atoms with Gasteiger partial charge in [0.05, 0.1) is 17.2 Å². The molecule has 0 spiro atoms. The maximum Gasteiger partial charge on any atom is 0.273 e. The first kappa shape index (κ1) is 19.5. The van der Waals surface area contributed by atoms with Gasteiger partial charge in [0.15, 0.2) is 5.13 Å². The van der Waals surface area contributed by atoms with Gasteiger partial charge in [-0.25, -0.2) is 4.98 Å². The monoisotopic (exact) mass is 376 g/mol. The Morgan fingerprint density at radius 2 is 2.00 bits per heavy atom. The van der Waals surface area contributed by atoms with Crippen molar-refractivity contribution >= 4 is 34.0 Å². The first-order valence-electron chi connectivity index (χ1n) is 7.87. The van der Waals surface area contributed by atoms with Gasteiger partial charge in [0, 0.05) is 28.0 Å². The fraction of sp³-hybridized carbons (Fsp3) is 0.353. The molecule has 0 aliphatic carbocycles. The third-order valence-corrected chi connectivity index (χ3v) is 4.35. The molecule has 0 saturated carbocycles. The molecule has 0 unspecified atom stereocenters.